The van der Waals surface area contributed by atoms with Crippen molar-refractivity contribution in [2.24, 2.45) is 0 Å². The summed E-state index contributed by atoms with van der Waals surface area (Å²) in [7, 11) is 0. The Balaban J connectivity index is 2.20. The van der Waals surface area contributed by atoms with Gasteiger partial charge in [0.05, 0.1) is 0 Å². The molecule has 1 atom stereocenters. The standard InChI is InChI=1S/C23H30N2O3/c1-16(2)18-13-9-10-14-19(18)24-21(26)20(15-17-11-7-6-8-12-17)25-22(27)28-23(3,4)5/h6-14,16,20H,15H2,1-5H3,(H,24,26)(H,25,27). The summed E-state index contributed by atoms with van der Waals surface area (Å²) in [5, 5.41) is 5.69. The summed E-state index contributed by atoms with van der Waals surface area (Å²) < 4.78 is 5.34. The second-order valence-corrected chi connectivity index (χ2v) is 8.12. The third-order valence-corrected chi connectivity index (χ3v) is 4.13. The van der Waals surface area contributed by atoms with Crippen LogP contribution in [0.3, 0.4) is 0 Å². The fourth-order valence-corrected chi connectivity index (χ4v) is 2.84. The molecular formula is C23H30N2O3. The van der Waals surface area contributed by atoms with Gasteiger partial charge in [-0.2, -0.15) is 0 Å². The van der Waals surface area contributed by atoms with Gasteiger partial charge in [0.1, 0.15) is 11.6 Å². The maximum atomic E-state index is 13.0. The maximum absolute atomic E-state index is 13.0. The van der Waals surface area contributed by atoms with Crippen LogP contribution in [-0.2, 0) is 16.0 Å². The van der Waals surface area contributed by atoms with Gasteiger partial charge in [-0.15, -0.1) is 0 Å². The molecule has 1 unspecified atom stereocenters. The van der Waals surface area contributed by atoms with Crippen LogP contribution in [0, 0.1) is 0 Å². The van der Waals surface area contributed by atoms with Crippen LogP contribution in [0.25, 0.3) is 0 Å². The fourth-order valence-electron chi connectivity index (χ4n) is 2.84. The zero-order valence-corrected chi connectivity index (χ0v) is 17.3. The van der Waals surface area contributed by atoms with Crippen LogP contribution in [0.2, 0.25) is 0 Å². The number of anilines is 1. The van der Waals surface area contributed by atoms with Crippen LogP contribution in [0.15, 0.2) is 54.6 Å². The molecule has 2 rings (SSSR count). The molecule has 0 saturated heterocycles. The van der Waals surface area contributed by atoms with Gasteiger partial charge in [-0.3, -0.25) is 4.79 Å². The van der Waals surface area contributed by atoms with Crippen molar-refractivity contribution in [2.75, 3.05) is 5.32 Å². The van der Waals surface area contributed by atoms with E-state index < -0.39 is 17.7 Å². The van der Waals surface area contributed by atoms with Crippen molar-refractivity contribution in [3.8, 4) is 0 Å². The van der Waals surface area contributed by atoms with Crippen LogP contribution < -0.4 is 10.6 Å². The summed E-state index contributed by atoms with van der Waals surface area (Å²) >= 11 is 0. The third-order valence-electron chi connectivity index (χ3n) is 4.13. The quantitative estimate of drug-likeness (QED) is 0.748. The Morgan fingerprint density at radius 3 is 2.18 bits per heavy atom. The number of alkyl carbamates (subject to hydrolysis) is 1. The molecule has 2 aromatic rings. The van der Waals surface area contributed by atoms with Crippen LogP contribution in [0.1, 0.15) is 51.7 Å². The predicted molar refractivity (Wildman–Crippen MR) is 112 cm³/mol. The zero-order valence-electron chi connectivity index (χ0n) is 17.3. The molecule has 2 N–H and O–H groups in total. The molecule has 0 heterocycles. The predicted octanol–water partition coefficient (Wildman–Crippen LogP) is 4.88. The molecule has 2 amide bonds. The van der Waals surface area contributed by atoms with E-state index >= 15 is 0 Å². The molecule has 0 saturated carbocycles. The summed E-state index contributed by atoms with van der Waals surface area (Å²) in [6, 6.07) is 16.5. The molecule has 0 fully saturated rings. The molecular weight excluding hydrogens is 352 g/mol. The minimum Gasteiger partial charge on any atom is -0.444 e. The lowest BCUT2D eigenvalue weighted by atomic mass is 10.0. The van der Waals surface area contributed by atoms with E-state index in [0.29, 0.717) is 6.42 Å². The molecule has 0 aliphatic carbocycles. The highest BCUT2D eigenvalue weighted by Gasteiger charge is 2.25. The molecule has 0 spiro atoms. The highest BCUT2D eigenvalue weighted by molar-refractivity contribution is 5.97. The van der Waals surface area contributed by atoms with Gasteiger partial charge in [-0.25, -0.2) is 4.79 Å². The van der Waals surface area contributed by atoms with Crippen molar-refractivity contribution in [3.63, 3.8) is 0 Å². The Hall–Kier alpha value is -2.82. The molecule has 0 aliphatic heterocycles. The topological polar surface area (TPSA) is 67.4 Å². The number of para-hydroxylation sites is 1. The van der Waals surface area contributed by atoms with Gasteiger partial charge in [0.25, 0.3) is 0 Å². The first-order chi connectivity index (χ1) is 13.2. The van der Waals surface area contributed by atoms with Crippen molar-refractivity contribution >= 4 is 17.7 Å². The number of carbonyl (C=O) groups excluding carboxylic acids is 2. The minimum atomic E-state index is -0.752. The highest BCUT2D eigenvalue weighted by atomic mass is 16.6. The number of hydrogen-bond donors (Lipinski definition) is 2. The molecule has 0 aliphatic rings. The molecule has 0 bridgehead atoms. The molecule has 0 aromatic heterocycles. The first-order valence-electron chi connectivity index (χ1n) is 9.59. The largest absolute Gasteiger partial charge is 0.444 e. The van der Waals surface area contributed by atoms with E-state index in [9.17, 15) is 9.59 Å². The van der Waals surface area contributed by atoms with E-state index in [2.05, 4.69) is 24.5 Å². The Morgan fingerprint density at radius 1 is 0.964 bits per heavy atom. The summed E-state index contributed by atoms with van der Waals surface area (Å²) in [5.41, 5.74) is 2.12. The lowest BCUT2D eigenvalue weighted by Gasteiger charge is -2.24. The summed E-state index contributed by atoms with van der Waals surface area (Å²) in [4.78, 5) is 25.3. The van der Waals surface area contributed by atoms with E-state index in [1.54, 1.807) is 20.8 Å². The third kappa shape index (κ3) is 6.72. The average Bonchev–Trinajstić information content (AvgIpc) is 2.60. The first kappa shape index (κ1) is 21.5. The van der Waals surface area contributed by atoms with Crippen molar-refractivity contribution in [1.29, 1.82) is 0 Å². The Morgan fingerprint density at radius 2 is 1.57 bits per heavy atom. The van der Waals surface area contributed by atoms with Gasteiger partial charge in [-0.05, 0) is 43.9 Å². The minimum absolute atomic E-state index is 0.267. The van der Waals surface area contributed by atoms with Gasteiger partial charge in [0.15, 0.2) is 0 Å². The van der Waals surface area contributed by atoms with E-state index in [0.717, 1.165) is 16.8 Å². The van der Waals surface area contributed by atoms with E-state index in [1.165, 1.54) is 0 Å². The van der Waals surface area contributed by atoms with Crippen LogP contribution in [-0.4, -0.2) is 23.6 Å². The number of rotatable bonds is 6. The lowest BCUT2D eigenvalue weighted by Crippen LogP contribution is -2.47. The van der Waals surface area contributed by atoms with Gasteiger partial charge in [-0.1, -0.05) is 62.4 Å². The number of benzene rings is 2. The summed E-state index contributed by atoms with van der Waals surface area (Å²) in [5.74, 6) is -0.00861. The Kier molecular flexibility index (Phi) is 7.21. The average molecular weight is 383 g/mol. The fraction of sp³-hybridized carbons (Fsp3) is 0.391. The van der Waals surface area contributed by atoms with E-state index in [4.69, 9.17) is 4.74 Å². The van der Waals surface area contributed by atoms with Gasteiger partial charge >= 0.3 is 6.09 Å². The molecule has 150 valence electrons. The van der Waals surface area contributed by atoms with Crippen molar-refractivity contribution in [3.05, 3.63) is 65.7 Å². The number of ether oxygens (including phenoxy) is 1. The number of carbonyl (C=O) groups is 2. The normalized spacial score (nSPS) is 12.4. The van der Waals surface area contributed by atoms with Gasteiger partial charge in [0.2, 0.25) is 5.91 Å². The van der Waals surface area contributed by atoms with Crippen molar-refractivity contribution < 1.29 is 14.3 Å². The summed E-state index contributed by atoms with van der Waals surface area (Å²) in [6.07, 6.45) is -0.240. The lowest BCUT2D eigenvalue weighted by molar-refractivity contribution is -0.118. The smallest absolute Gasteiger partial charge is 0.408 e. The van der Waals surface area contributed by atoms with Gasteiger partial charge < -0.3 is 15.4 Å². The molecule has 5 heteroatoms. The first-order valence-corrected chi connectivity index (χ1v) is 9.59. The van der Waals surface area contributed by atoms with Crippen LogP contribution >= 0.6 is 0 Å². The number of nitrogens with one attached hydrogen (secondary N) is 2. The van der Waals surface area contributed by atoms with E-state index in [1.807, 2.05) is 54.6 Å². The van der Waals surface area contributed by atoms with Crippen LogP contribution in [0.4, 0.5) is 10.5 Å². The second kappa shape index (κ2) is 9.40. The zero-order chi connectivity index (χ0) is 20.7. The number of amides is 2. The van der Waals surface area contributed by atoms with E-state index in [-0.39, 0.29) is 11.8 Å². The molecule has 5 nitrogen and oxygen atoms in total. The summed E-state index contributed by atoms with van der Waals surface area (Å²) in [6.45, 7) is 9.52. The number of hydrogen-bond acceptors (Lipinski definition) is 3. The second-order valence-electron chi connectivity index (χ2n) is 8.12. The molecule has 2 aromatic carbocycles. The Bertz CT molecular complexity index is 795. The molecule has 0 radical (unpaired) electrons. The van der Waals surface area contributed by atoms with Crippen LogP contribution in [0.5, 0.6) is 0 Å². The Labute approximate surface area is 167 Å². The monoisotopic (exact) mass is 382 g/mol. The maximum Gasteiger partial charge on any atom is 0.408 e. The van der Waals surface area contributed by atoms with Gasteiger partial charge in [0, 0.05) is 12.1 Å². The van der Waals surface area contributed by atoms with Crippen molar-refractivity contribution in [2.45, 2.75) is 58.6 Å². The highest BCUT2D eigenvalue weighted by Crippen LogP contribution is 2.24. The molecule has 28 heavy (non-hydrogen) atoms. The SMILES string of the molecule is CC(C)c1ccccc1NC(=O)C(Cc1ccccc1)NC(=O)OC(C)(C)C. The van der Waals surface area contributed by atoms with Crippen molar-refractivity contribution in [1.82, 2.24) is 5.32 Å².